The Morgan fingerprint density at radius 1 is 1.36 bits per heavy atom. The Morgan fingerprint density at radius 3 is 2.82 bits per heavy atom. The number of halogens is 1. The van der Waals surface area contributed by atoms with E-state index in [1.54, 1.807) is 18.3 Å². The number of rotatable bonds is 2. The van der Waals surface area contributed by atoms with Gasteiger partial charge in [-0.25, -0.2) is 4.79 Å². The van der Waals surface area contributed by atoms with E-state index in [1.807, 2.05) is 12.3 Å². The first-order valence-corrected chi connectivity index (χ1v) is 7.89. The first-order chi connectivity index (χ1) is 10.4. The smallest absolute Gasteiger partial charge is 0.335 e. The third-order valence-electron chi connectivity index (χ3n) is 4.14. The van der Waals surface area contributed by atoms with Crippen molar-refractivity contribution in [2.24, 2.45) is 5.41 Å². The number of hydrogen-bond acceptors (Lipinski definition) is 3. The highest BCUT2D eigenvalue weighted by Gasteiger charge is 2.36. The van der Waals surface area contributed by atoms with Crippen molar-refractivity contribution in [1.29, 1.82) is 0 Å². The van der Waals surface area contributed by atoms with Crippen LogP contribution >= 0.6 is 15.9 Å². The largest absolute Gasteiger partial charge is 0.478 e. The number of fused-ring (bicyclic) bond motifs is 1. The van der Waals surface area contributed by atoms with Gasteiger partial charge < -0.3 is 10.4 Å². The Morgan fingerprint density at radius 2 is 2.14 bits per heavy atom. The molecule has 2 heterocycles. The van der Waals surface area contributed by atoms with Gasteiger partial charge in [-0.05, 0) is 63.2 Å². The average molecular weight is 361 g/mol. The summed E-state index contributed by atoms with van der Waals surface area (Å²) in [6.07, 6.45) is 4.46. The molecule has 1 aromatic carbocycles. The molecule has 22 heavy (non-hydrogen) atoms. The van der Waals surface area contributed by atoms with Crippen LogP contribution < -0.4 is 5.32 Å². The van der Waals surface area contributed by atoms with Crippen LogP contribution in [0.1, 0.15) is 41.4 Å². The maximum Gasteiger partial charge on any atom is 0.335 e. The summed E-state index contributed by atoms with van der Waals surface area (Å²) in [5, 5.41) is 12.7. The second-order valence-electron chi connectivity index (χ2n) is 6.36. The zero-order chi connectivity index (χ0) is 15.9. The molecule has 0 saturated carbocycles. The lowest BCUT2D eigenvalue weighted by atomic mass is 9.73. The predicted molar refractivity (Wildman–Crippen MR) is 89.2 cm³/mol. The molecule has 4 nitrogen and oxygen atoms in total. The Hall–Kier alpha value is -1.88. The van der Waals surface area contributed by atoms with Crippen molar-refractivity contribution in [3.05, 3.63) is 57.8 Å². The van der Waals surface area contributed by atoms with Crippen molar-refractivity contribution in [3.63, 3.8) is 0 Å². The molecule has 1 unspecified atom stereocenters. The molecule has 0 saturated heterocycles. The second-order valence-corrected chi connectivity index (χ2v) is 7.27. The van der Waals surface area contributed by atoms with E-state index in [0.717, 1.165) is 27.7 Å². The highest BCUT2D eigenvalue weighted by molar-refractivity contribution is 9.10. The molecule has 0 spiro atoms. The number of anilines is 1. The third kappa shape index (κ3) is 2.73. The number of nitrogens with one attached hydrogen (secondary N) is 1. The highest BCUT2D eigenvalue weighted by Crippen LogP contribution is 2.45. The summed E-state index contributed by atoms with van der Waals surface area (Å²) in [6.45, 7) is 4.36. The number of carboxylic acids is 1. The molecule has 2 N–H and O–H groups in total. The van der Waals surface area contributed by atoms with Crippen molar-refractivity contribution < 1.29 is 9.90 Å². The molecule has 0 amide bonds. The van der Waals surface area contributed by atoms with Crippen LogP contribution in [0.4, 0.5) is 5.69 Å². The van der Waals surface area contributed by atoms with E-state index in [2.05, 4.69) is 46.1 Å². The number of carboxylic acid groups (broad SMARTS) is 1. The van der Waals surface area contributed by atoms with Crippen molar-refractivity contribution in [3.8, 4) is 0 Å². The monoisotopic (exact) mass is 360 g/mol. The summed E-state index contributed by atoms with van der Waals surface area (Å²) in [6, 6.07) is 7.46. The molecule has 1 aliphatic rings. The van der Waals surface area contributed by atoms with Gasteiger partial charge in [-0.3, -0.25) is 4.98 Å². The Balaban J connectivity index is 2.01. The lowest BCUT2D eigenvalue weighted by Crippen LogP contribution is -2.35. The third-order valence-corrected chi connectivity index (χ3v) is 4.57. The fraction of sp³-hybridized carbons (Fsp3) is 0.294. The number of benzene rings is 1. The average Bonchev–Trinajstić information content (AvgIpc) is 2.44. The Labute approximate surface area is 137 Å². The molecule has 0 aliphatic carbocycles. The van der Waals surface area contributed by atoms with E-state index < -0.39 is 5.97 Å². The Kier molecular flexibility index (Phi) is 3.68. The minimum atomic E-state index is -0.890. The minimum absolute atomic E-state index is 0.0490. The van der Waals surface area contributed by atoms with Gasteiger partial charge >= 0.3 is 5.97 Å². The minimum Gasteiger partial charge on any atom is -0.478 e. The van der Waals surface area contributed by atoms with Crippen molar-refractivity contribution >= 4 is 27.6 Å². The van der Waals surface area contributed by atoms with Gasteiger partial charge in [0.05, 0.1) is 11.6 Å². The molecule has 1 aromatic heterocycles. The van der Waals surface area contributed by atoms with Gasteiger partial charge in [0.2, 0.25) is 0 Å². The molecule has 5 heteroatoms. The van der Waals surface area contributed by atoms with Crippen LogP contribution in [-0.4, -0.2) is 16.1 Å². The standard InChI is InChI=1S/C17H17BrN2O2/c1-17(2)7-11-5-10(16(21)22)3-4-14(11)20-15(17)12-6-13(18)9-19-8-12/h3-6,8-9,15,20H,7H2,1-2H3,(H,21,22). The van der Waals surface area contributed by atoms with Crippen LogP contribution in [0.2, 0.25) is 0 Å². The van der Waals surface area contributed by atoms with E-state index in [1.165, 1.54) is 0 Å². The number of aromatic nitrogens is 1. The van der Waals surface area contributed by atoms with Gasteiger partial charge in [-0.2, -0.15) is 0 Å². The maximum atomic E-state index is 11.1. The number of pyridine rings is 1. The van der Waals surface area contributed by atoms with Crippen molar-refractivity contribution in [1.82, 2.24) is 4.98 Å². The molecular weight excluding hydrogens is 344 g/mol. The van der Waals surface area contributed by atoms with Crippen LogP contribution in [0.5, 0.6) is 0 Å². The van der Waals surface area contributed by atoms with Crippen LogP contribution in [0.15, 0.2) is 41.1 Å². The van der Waals surface area contributed by atoms with Gasteiger partial charge in [-0.15, -0.1) is 0 Å². The highest BCUT2D eigenvalue weighted by atomic mass is 79.9. The molecular formula is C17H17BrN2O2. The topological polar surface area (TPSA) is 62.2 Å². The lowest BCUT2D eigenvalue weighted by Gasteiger charge is -2.41. The van der Waals surface area contributed by atoms with E-state index in [-0.39, 0.29) is 11.5 Å². The van der Waals surface area contributed by atoms with Crippen LogP contribution in [0.3, 0.4) is 0 Å². The first-order valence-electron chi connectivity index (χ1n) is 7.10. The SMILES string of the molecule is CC1(C)Cc2cc(C(=O)O)ccc2NC1c1cncc(Br)c1. The molecule has 0 bridgehead atoms. The molecule has 114 valence electrons. The molecule has 1 atom stereocenters. The van der Waals surface area contributed by atoms with E-state index in [0.29, 0.717) is 5.56 Å². The van der Waals surface area contributed by atoms with Crippen LogP contribution in [0, 0.1) is 5.41 Å². The normalized spacial score (nSPS) is 19.1. The summed E-state index contributed by atoms with van der Waals surface area (Å²) in [5.74, 6) is -0.890. The van der Waals surface area contributed by atoms with Crippen molar-refractivity contribution in [2.45, 2.75) is 26.3 Å². The fourth-order valence-electron chi connectivity index (χ4n) is 3.08. The number of nitrogens with zero attached hydrogens (tertiary/aromatic N) is 1. The summed E-state index contributed by atoms with van der Waals surface area (Å²) >= 11 is 3.47. The van der Waals surface area contributed by atoms with Gasteiger partial charge in [0.1, 0.15) is 0 Å². The fourth-order valence-corrected chi connectivity index (χ4v) is 3.46. The van der Waals surface area contributed by atoms with E-state index >= 15 is 0 Å². The Bertz CT molecular complexity index is 743. The zero-order valence-electron chi connectivity index (χ0n) is 12.4. The van der Waals surface area contributed by atoms with Crippen molar-refractivity contribution in [2.75, 3.05) is 5.32 Å². The van der Waals surface area contributed by atoms with Gasteiger partial charge in [0.25, 0.3) is 0 Å². The molecule has 3 rings (SSSR count). The number of carbonyl (C=O) groups is 1. The zero-order valence-corrected chi connectivity index (χ0v) is 14.0. The molecule has 0 radical (unpaired) electrons. The quantitative estimate of drug-likeness (QED) is 0.838. The number of aromatic carboxylic acids is 1. The molecule has 1 aliphatic heterocycles. The first kappa shape index (κ1) is 15.0. The summed E-state index contributed by atoms with van der Waals surface area (Å²) in [7, 11) is 0. The molecule has 0 fully saturated rings. The predicted octanol–water partition coefficient (Wildman–Crippen LogP) is 4.28. The van der Waals surface area contributed by atoms with E-state index in [9.17, 15) is 4.79 Å². The van der Waals surface area contributed by atoms with Gasteiger partial charge in [-0.1, -0.05) is 13.8 Å². The summed E-state index contributed by atoms with van der Waals surface area (Å²) < 4.78 is 0.953. The summed E-state index contributed by atoms with van der Waals surface area (Å²) in [5.41, 5.74) is 3.44. The summed E-state index contributed by atoms with van der Waals surface area (Å²) in [4.78, 5) is 15.4. The van der Waals surface area contributed by atoms with Crippen LogP contribution in [0.25, 0.3) is 0 Å². The van der Waals surface area contributed by atoms with E-state index in [4.69, 9.17) is 5.11 Å². The molecule has 2 aromatic rings. The number of hydrogen-bond donors (Lipinski definition) is 2. The van der Waals surface area contributed by atoms with Crippen LogP contribution in [-0.2, 0) is 6.42 Å². The lowest BCUT2D eigenvalue weighted by molar-refractivity contribution is 0.0696. The van der Waals surface area contributed by atoms with Gasteiger partial charge in [0.15, 0.2) is 0 Å². The maximum absolute atomic E-state index is 11.1. The van der Waals surface area contributed by atoms with Gasteiger partial charge in [0, 0.05) is 22.6 Å². The second kappa shape index (κ2) is 5.39.